The van der Waals surface area contributed by atoms with E-state index in [1.165, 1.54) is 20.8 Å². The van der Waals surface area contributed by atoms with Crippen molar-refractivity contribution in [3.8, 4) is 0 Å². The first-order valence-electron chi connectivity index (χ1n) is 4.89. The van der Waals surface area contributed by atoms with Gasteiger partial charge >= 0.3 is 11.9 Å². The third-order valence-electron chi connectivity index (χ3n) is 1.37. The summed E-state index contributed by atoms with van der Waals surface area (Å²) >= 11 is 1.28. The van der Waals surface area contributed by atoms with Crippen LogP contribution in [-0.4, -0.2) is 36.5 Å². The van der Waals surface area contributed by atoms with E-state index in [-0.39, 0.29) is 16.7 Å². The largest absolute Gasteiger partial charge is 0.481 e. The zero-order chi connectivity index (χ0) is 14.9. The second-order valence-electron chi connectivity index (χ2n) is 3.19. The van der Waals surface area contributed by atoms with Crippen LogP contribution in [0.15, 0.2) is 0 Å². The average Bonchev–Trinajstić information content (AvgIpc) is 2.15. The number of carboxylic acid groups (broad SMARTS) is 2. The van der Waals surface area contributed by atoms with Crippen LogP contribution in [0.3, 0.4) is 0 Å². The maximum Gasteiger partial charge on any atom is 0.330 e. The van der Waals surface area contributed by atoms with Gasteiger partial charge in [0.1, 0.15) is 0 Å². The van der Waals surface area contributed by atoms with Crippen molar-refractivity contribution in [1.82, 2.24) is 0 Å². The quantitative estimate of drug-likeness (QED) is 0.756. The van der Waals surface area contributed by atoms with Gasteiger partial charge in [0.05, 0.1) is 0 Å². The van der Waals surface area contributed by atoms with Crippen LogP contribution in [0, 0.1) is 0 Å². The van der Waals surface area contributed by atoms with E-state index in [0.29, 0.717) is 23.5 Å². The molecule has 2 N–H and O–H groups in total. The topological polar surface area (TPSA) is 109 Å². The van der Waals surface area contributed by atoms with Gasteiger partial charge in [0.2, 0.25) is 0 Å². The van der Waals surface area contributed by atoms with Crippen molar-refractivity contribution in [2.45, 2.75) is 38.2 Å². The Morgan fingerprint density at radius 3 is 1.39 bits per heavy atom. The van der Waals surface area contributed by atoms with E-state index < -0.39 is 16.0 Å². The molecule has 0 aliphatic rings. The third kappa shape index (κ3) is 10.2. The SMILES string of the molecule is CC(=O)SC(C)(SC(C)=O)C(=O)O.CCC(=O)O. The molecule has 0 bridgehead atoms. The van der Waals surface area contributed by atoms with Gasteiger partial charge in [0.15, 0.2) is 14.3 Å². The average molecular weight is 296 g/mol. The van der Waals surface area contributed by atoms with Crippen LogP contribution in [0.1, 0.15) is 34.1 Å². The summed E-state index contributed by atoms with van der Waals surface area (Å²) in [6.45, 7) is 5.48. The molecule has 0 spiro atoms. The molecule has 8 heteroatoms. The fourth-order valence-corrected chi connectivity index (χ4v) is 2.80. The molecule has 0 heterocycles. The number of rotatable bonds is 4. The van der Waals surface area contributed by atoms with E-state index in [9.17, 15) is 19.2 Å². The molecule has 0 aliphatic heterocycles. The predicted molar refractivity (Wildman–Crippen MR) is 70.5 cm³/mol. The molecular weight excluding hydrogens is 280 g/mol. The summed E-state index contributed by atoms with van der Waals surface area (Å²) in [7, 11) is 0. The van der Waals surface area contributed by atoms with Crippen molar-refractivity contribution in [3.05, 3.63) is 0 Å². The minimum Gasteiger partial charge on any atom is -0.481 e. The predicted octanol–water partition coefficient (Wildman–Crippen LogP) is 1.83. The van der Waals surface area contributed by atoms with Gasteiger partial charge in [-0.25, -0.2) is 4.79 Å². The van der Waals surface area contributed by atoms with Gasteiger partial charge in [-0.1, -0.05) is 30.4 Å². The first-order chi connectivity index (χ1) is 8.05. The summed E-state index contributed by atoms with van der Waals surface area (Å²) in [6, 6.07) is 0. The Kier molecular flexibility index (Phi) is 9.64. The molecule has 0 aromatic rings. The minimum atomic E-state index is -1.41. The number of carbonyl (C=O) groups excluding carboxylic acids is 2. The molecule has 18 heavy (non-hydrogen) atoms. The van der Waals surface area contributed by atoms with Crippen LogP contribution in [0.4, 0.5) is 0 Å². The summed E-state index contributed by atoms with van der Waals surface area (Å²) in [5.41, 5.74) is 0. The summed E-state index contributed by atoms with van der Waals surface area (Å²) in [6.07, 6.45) is 0.222. The lowest BCUT2D eigenvalue weighted by Crippen LogP contribution is -2.29. The molecule has 0 amide bonds. The van der Waals surface area contributed by atoms with E-state index in [0.717, 1.165) is 0 Å². The monoisotopic (exact) mass is 296 g/mol. The van der Waals surface area contributed by atoms with Gasteiger partial charge in [0, 0.05) is 20.3 Å². The van der Waals surface area contributed by atoms with Crippen molar-refractivity contribution in [1.29, 1.82) is 0 Å². The minimum absolute atomic E-state index is 0.222. The number of carboxylic acids is 2. The smallest absolute Gasteiger partial charge is 0.330 e. The molecule has 0 atom stereocenters. The molecule has 6 nitrogen and oxygen atoms in total. The Morgan fingerprint density at radius 2 is 1.28 bits per heavy atom. The highest BCUT2D eigenvalue weighted by molar-refractivity contribution is 8.31. The van der Waals surface area contributed by atoms with E-state index in [4.69, 9.17) is 10.2 Å². The molecule has 0 fully saturated rings. The molecule has 0 aromatic carbocycles. The summed E-state index contributed by atoms with van der Waals surface area (Å²) in [5, 5.41) is 15.9. The Balaban J connectivity index is 0. The van der Waals surface area contributed by atoms with E-state index >= 15 is 0 Å². The molecule has 0 aromatic heterocycles. The number of aliphatic carboxylic acids is 2. The third-order valence-corrected chi connectivity index (χ3v) is 3.57. The summed E-state index contributed by atoms with van der Waals surface area (Å²) in [4.78, 5) is 41.6. The molecule has 0 aliphatic carbocycles. The van der Waals surface area contributed by atoms with E-state index in [2.05, 4.69) is 0 Å². The maximum absolute atomic E-state index is 10.7. The van der Waals surface area contributed by atoms with Crippen LogP contribution in [-0.2, 0) is 19.2 Å². The normalized spacial score (nSPS) is 10.0. The van der Waals surface area contributed by atoms with Crippen molar-refractivity contribution in [2.24, 2.45) is 0 Å². The Labute approximate surface area is 114 Å². The summed E-state index contributed by atoms with van der Waals surface area (Å²) in [5.74, 6) is -1.92. The first kappa shape index (κ1) is 19.3. The van der Waals surface area contributed by atoms with Crippen molar-refractivity contribution in [3.63, 3.8) is 0 Å². The lowest BCUT2D eigenvalue weighted by atomic mass is 10.5. The second kappa shape index (κ2) is 8.98. The Bertz CT molecular complexity index is 323. The summed E-state index contributed by atoms with van der Waals surface area (Å²) < 4.78 is -1.41. The number of thioether (sulfide) groups is 2. The van der Waals surface area contributed by atoms with Crippen LogP contribution in [0.25, 0.3) is 0 Å². The standard InChI is InChI=1S/C7H10O4S2.C3H6O2/c1-4(8)12-7(3,6(10)11)13-5(2)9;1-2-3(4)5/h1-3H3,(H,10,11);2H2,1H3,(H,4,5). The number of carbonyl (C=O) groups is 4. The lowest BCUT2D eigenvalue weighted by molar-refractivity contribution is -0.137. The molecule has 0 radical (unpaired) electrons. The van der Waals surface area contributed by atoms with Gasteiger partial charge < -0.3 is 10.2 Å². The van der Waals surface area contributed by atoms with Crippen LogP contribution in [0.2, 0.25) is 0 Å². The maximum atomic E-state index is 10.7. The fraction of sp³-hybridized carbons (Fsp3) is 0.600. The van der Waals surface area contributed by atoms with Crippen molar-refractivity contribution >= 4 is 45.7 Å². The zero-order valence-electron chi connectivity index (χ0n) is 10.6. The molecule has 0 saturated heterocycles. The first-order valence-corrected chi connectivity index (χ1v) is 6.52. The lowest BCUT2D eigenvalue weighted by Gasteiger charge is -2.19. The van der Waals surface area contributed by atoms with Crippen LogP contribution < -0.4 is 0 Å². The van der Waals surface area contributed by atoms with Gasteiger partial charge in [-0.2, -0.15) is 0 Å². The van der Waals surface area contributed by atoms with Crippen LogP contribution >= 0.6 is 23.5 Å². The second-order valence-corrected chi connectivity index (χ2v) is 6.63. The Morgan fingerprint density at radius 1 is 1.00 bits per heavy atom. The highest BCUT2D eigenvalue weighted by Crippen LogP contribution is 2.37. The van der Waals surface area contributed by atoms with Crippen LogP contribution in [0.5, 0.6) is 0 Å². The van der Waals surface area contributed by atoms with E-state index in [1.54, 1.807) is 6.92 Å². The zero-order valence-corrected chi connectivity index (χ0v) is 12.2. The van der Waals surface area contributed by atoms with Crippen molar-refractivity contribution < 1.29 is 29.4 Å². The molecular formula is C10H16O6S2. The van der Waals surface area contributed by atoms with Crippen molar-refractivity contribution in [2.75, 3.05) is 0 Å². The van der Waals surface area contributed by atoms with Gasteiger partial charge in [0.25, 0.3) is 0 Å². The molecule has 104 valence electrons. The Hall–Kier alpha value is -1.02. The van der Waals surface area contributed by atoms with Gasteiger partial charge in [-0.3, -0.25) is 14.4 Å². The van der Waals surface area contributed by atoms with Gasteiger partial charge in [-0.05, 0) is 6.92 Å². The highest BCUT2D eigenvalue weighted by atomic mass is 32.2. The molecule has 0 unspecified atom stereocenters. The molecule has 0 rings (SSSR count). The molecule has 0 saturated carbocycles. The highest BCUT2D eigenvalue weighted by Gasteiger charge is 2.38. The van der Waals surface area contributed by atoms with Gasteiger partial charge in [-0.15, -0.1) is 0 Å². The van der Waals surface area contributed by atoms with E-state index in [1.807, 2.05) is 0 Å². The number of hydrogen-bond donors (Lipinski definition) is 2. The fourth-order valence-electron chi connectivity index (χ4n) is 0.657. The number of hydrogen-bond acceptors (Lipinski definition) is 6.